The van der Waals surface area contributed by atoms with E-state index in [0.717, 1.165) is 51.4 Å². The van der Waals surface area contributed by atoms with Crippen LogP contribution in [0.3, 0.4) is 0 Å². The van der Waals surface area contributed by atoms with Crippen LogP contribution in [0.25, 0.3) is 0 Å². The van der Waals surface area contributed by atoms with Gasteiger partial charge in [-0.1, -0.05) is 212 Å². The highest BCUT2D eigenvalue weighted by Crippen LogP contribution is 2.43. The van der Waals surface area contributed by atoms with Gasteiger partial charge in [-0.3, -0.25) is 23.4 Å². The van der Waals surface area contributed by atoms with Gasteiger partial charge in [-0.25, -0.2) is 4.57 Å². The maximum absolute atomic E-state index is 12.7. The number of allylic oxidation sites excluding steroid dienone is 4. The van der Waals surface area contributed by atoms with E-state index in [4.69, 9.17) is 24.8 Å². The van der Waals surface area contributed by atoms with E-state index >= 15 is 0 Å². The van der Waals surface area contributed by atoms with Crippen LogP contribution in [0.15, 0.2) is 24.3 Å². The second-order valence-corrected chi connectivity index (χ2v) is 18.8. The van der Waals surface area contributed by atoms with E-state index in [1.807, 2.05) is 0 Å². The molecule has 12 heteroatoms. The molecule has 364 valence electrons. The van der Waals surface area contributed by atoms with E-state index in [1.54, 1.807) is 0 Å². The van der Waals surface area contributed by atoms with Crippen LogP contribution in [0.4, 0.5) is 0 Å². The monoisotopic (exact) mass is 900 g/mol. The van der Waals surface area contributed by atoms with Crippen LogP contribution in [0.5, 0.6) is 0 Å². The Kier molecular flexibility index (Phi) is 44.0. The molecule has 0 aliphatic carbocycles. The van der Waals surface area contributed by atoms with Crippen molar-refractivity contribution in [3.05, 3.63) is 24.3 Å². The number of ether oxygens (including phenoxy) is 2. The summed E-state index contributed by atoms with van der Waals surface area (Å²) in [6.07, 6.45) is 49.5. The van der Waals surface area contributed by atoms with Gasteiger partial charge in [0.1, 0.15) is 12.6 Å². The van der Waals surface area contributed by atoms with E-state index in [2.05, 4.69) is 42.7 Å². The lowest BCUT2D eigenvalue weighted by molar-refractivity contribution is -0.161. The predicted molar refractivity (Wildman–Crippen MR) is 254 cm³/mol. The molecule has 0 aromatic carbocycles. The zero-order chi connectivity index (χ0) is 45.6. The van der Waals surface area contributed by atoms with Gasteiger partial charge in [0.2, 0.25) is 0 Å². The molecule has 0 fully saturated rings. The van der Waals surface area contributed by atoms with Gasteiger partial charge in [0, 0.05) is 12.8 Å². The Morgan fingerprint density at radius 2 is 0.855 bits per heavy atom. The van der Waals surface area contributed by atoms with Crippen molar-refractivity contribution < 1.29 is 47.5 Å². The van der Waals surface area contributed by atoms with E-state index in [1.165, 1.54) is 154 Å². The summed E-state index contributed by atoms with van der Waals surface area (Å²) in [7, 11) is -4.72. The van der Waals surface area contributed by atoms with Crippen LogP contribution in [0.2, 0.25) is 0 Å². The fourth-order valence-electron chi connectivity index (χ4n) is 7.22. The van der Waals surface area contributed by atoms with Gasteiger partial charge in [0.25, 0.3) is 0 Å². The maximum atomic E-state index is 12.7. The number of rotatable bonds is 48. The highest BCUT2D eigenvalue weighted by atomic mass is 31.2. The van der Waals surface area contributed by atoms with Crippen molar-refractivity contribution in [2.45, 2.75) is 257 Å². The molecule has 1 unspecified atom stereocenters. The maximum Gasteiger partial charge on any atom is 0.472 e. The third kappa shape index (κ3) is 44.6. The quantitative estimate of drug-likeness (QED) is 0.0230. The fraction of sp³-hybridized carbons (Fsp3) is 0.860. The van der Waals surface area contributed by atoms with E-state index in [9.17, 15) is 23.8 Å². The average molecular weight is 900 g/mol. The largest absolute Gasteiger partial charge is 0.480 e. The molecule has 0 amide bonds. The summed E-state index contributed by atoms with van der Waals surface area (Å²) in [6, 6.07) is -1.52. The first-order valence-electron chi connectivity index (χ1n) is 25.4. The molecule has 11 nitrogen and oxygen atoms in total. The number of hydrogen-bond donors (Lipinski definition) is 3. The number of carboxylic acid groups (broad SMARTS) is 1. The van der Waals surface area contributed by atoms with Gasteiger partial charge in [0.05, 0.1) is 13.2 Å². The predicted octanol–water partition coefficient (Wildman–Crippen LogP) is 14.2. The Labute approximate surface area is 379 Å². The van der Waals surface area contributed by atoms with Crippen molar-refractivity contribution in [2.75, 3.05) is 19.8 Å². The molecule has 0 aromatic heterocycles. The van der Waals surface area contributed by atoms with Crippen LogP contribution in [0, 0.1) is 0 Å². The number of carboxylic acids is 1. The first-order valence-corrected chi connectivity index (χ1v) is 26.9. The fourth-order valence-corrected chi connectivity index (χ4v) is 7.99. The van der Waals surface area contributed by atoms with Crippen molar-refractivity contribution in [1.29, 1.82) is 0 Å². The normalized spacial score (nSPS) is 13.7. The number of carbonyl (C=O) groups is 3. The summed E-state index contributed by atoms with van der Waals surface area (Å²) in [4.78, 5) is 46.2. The first-order chi connectivity index (χ1) is 30.1. The Balaban J connectivity index is 4.23. The summed E-state index contributed by atoms with van der Waals surface area (Å²) in [6.45, 7) is 2.82. The molecule has 62 heavy (non-hydrogen) atoms. The molecule has 4 N–H and O–H groups in total. The lowest BCUT2D eigenvalue weighted by atomic mass is 10.0. The SMILES string of the molecule is CCCCC/C=C/C/C=C/CCCCCCCCCC(=O)OC[C@H](COP(=O)(O)OC[C@H](N)C(=O)O)OC(=O)CCCCCCCCCCCCCCCCCCCCCCC. The molecule has 0 rings (SSSR count). The number of aliphatic carboxylic acids is 1. The second kappa shape index (κ2) is 45.5. The lowest BCUT2D eigenvalue weighted by Crippen LogP contribution is -2.34. The number of hydrogen-bond acceptors (Lipinski definition) is 9. The Hall–Kier alpha value is -2.04. The minimum Gasteiger partial charge on any atom is -0.480 e. The summed E-state index contributed by atoms with van der Waals surface area (Å²) in [5.74, 6) is -2.37. The van der Waals surface area contributed by atoms with E-state index in [0.29, 0.717) is 12.8 Å². The van der Waals surface area contributed by atoms with E-state index < -0.39 is 51.1 Å². The van der Waals surface area contributed by atoms with Crippen molar-refractivity contribution in [1.82, 2.24) is 0 Å². The van der Waals surface area contributed by atoms with Gasteiger partial charge in [-0.15, -0.1) is 0 Å². The first kappa shape index (κ1) is 60.0. The molecule has 0 heterocycles. The van der Waals surface area contributed by atoms with Crippen LogP contribution < -0.4 is 5.73 Å². The Morgan fingerprint density at radius 1 is 0.500 bits per heavy atom. The molecule has 0 aliphatic heterocycles. The Bertz CT molecular complexity index is 1150. The Morgan fingerprint density at radius 3 is 1.29 bits per heavy atom. The smallest absolute Gasteiger partial charge is 0.472 e. The molecular formula is C50H94NO10P. The molecule has 0 spiro atoms. The molecule has 0 aromatic rings. The van der Waals surface area contributed by atoms with Crippen LogP contribution in [-0.2, 0) is 37.5 Å². The van der Waals surface area contributed by atoms with Crippen molar-refractivity contribution >= 4 is 25.7 Å². The van der Waals surface area contributed by atoms with Gasteiger partial charge in [-0.2, -0.15) is 0 Å². The average Bonchev–Trinajstić information content (AvgIpc) is 3.25. The molecule has 0 saturated carbocycles. The van der Waals surface area contributed by atoms with Gasteiger partial charge >= 0.3 is 25.7 Å². The summed E-state index contributed by atoms with van der Waals surface area (Å²) < 4.78 is 32.8. The third-order valence-corrected chi connectivity index (χ3v) is 12.2. The molecule has 3 atom stereocenters. The van der Waals surface area contributed by atoms with Gasteiger partial charge in [-0.05, 0) is 44.9 Å². The van der Waals surface area contributed by atoms with Gasteiger partial charge in [0.15, 0.2) is 6.10 Å². The van der Waals surface area contributed by atoms with E-state index in [-0.39, 0.29) is 19.4 Å². The van der Waals surface area contributed by atoms with Crippen LogP contribution >= 0.6 is 7.82 Å². The number of phosphoric ester groups is 1. The summed E-state index contributed by atoms with van der Waals surface area (Å²) in [5, 5.41) is 8.92. The summed E-state index contributed by atoms with van der Waals surface area (Å²) >= 11 is 0. The minimum atomic E-state index is -4.72. The highest BCUT2D eigenvalue weighted by molar-refractivity contribution is 7.47. The van der Waals surface area contributed by atoms with Crippen LogP contribution in [-0.4, -0.2) is 59.9 Å². The number of phosphoric acid groups is 1. The van der Waals surface area contributed by atoms with Crippen molar-refractivity contribution in [3.63, 3.8) is 0 Å². The lowest BCUT2D eigenvalue weighted by Gasteiger charge is -2.20. The topological polar surface area (TPSA) is 172 Å². The minimum absolute atomic E-state index is 0.164. The standard InChI is InChI=1S/C50H94NO10P/c1-3-5-7-9-11-13-15-17-19-21-22-23-24-26-28-30-32-34-36-38-40-42-49(53)61-46(44-59-62(56,57)60-45-47(51)50(54)55)43-58-48(52)41-39-37-35-33-31-29-27-25-20-18-16-14-12-10-8-6-4-2/h12,14,18,20,46-47H,3-11,13,15-17,19,21-45,51H2,1-2H3,(H,54,55)(H,56,57)/b14-12+,20-18+/t46-,47+/m1/s1. The summed E-state index contributed by atoms with van der Waals surface area (Å²) in [5.41, 5.74) is 5.35. The molecule has 0 aliphatic rings. The molecule has 0 radical (unpaired) electrons. The number of unbranched alkanes of at least 4 members (excludes halogenated alkanes) is 30. The van der Waals surface area contributed by atoms with Crippen molar-refractivity contribution in [2.24, 2.45) is 5.73 Å². The van der Waals surface area contributed by atoms with Gasteiger partial charge < -0.3 is 25.2 Å². The zero-order valence-electron chi connectivity index (χ0n) is 39.7. The highest BCUT2D eigenvalue weighted by Gasteiger charge is 2.28. The molecule has 0 bridgehead atoms. The number of nitrogens with two attached hydrogens (primary N) is 1. The number of esters is 2. The molecule has 0 saturated heterocycles. The van der Waals surface area contributed by atoms with Crippen molar-refractivity contribution in [3.8, 4) is 0 Å². The van der Waals surface area contributed by atoms with Crippen LogP contribution in [0.1, 0.15) is 245 Å². The number of carbonyl (C=O) groups excluding carboxylic acids is 2. The molecular weight excluding hydrogens is 806 g/mol. The second-order valence-electron chi connectivity index (χ2n) is 17.3. The third-order valence-electron chi connectivity index (χ3n) is 11.2. The zero-order valence-corrected chi connectivity index (χ0v) is 40.6.